The van der Waals surface area contributed by atoms with E-state index in [0.29, 0.717) is 12.2 Å². The second-order valence-electron chi connectivity index (χ2n) is 3.53. The lowest BCUT2D eigenvalue weighted by molar-refractivity contribution is -0.117. The molecule has 0 spiro atoms. The summed E-state index contributed by atoms with van der Waals surface area (Å²) >= 11 is 0. The van der Waals surface area contributed by atoms with Crippen LogP contribution in [0.2, 0.25) is 0 Å². The van der Waals surface area contributed by atoms with Gasteiger partial charge < -0.3 is 9.64 Å². The van der Waals surface area contributed by atoms with E-state index in [-0.39, 0.29) is 18.1 Å². The molecular formula is C14H16FNO2. The van der Waals surface area contributed by atoms with Crippen molar-refractivity contribution in [3.8, 4) is 17.6 Å². The van der Waals surface area contributed by atoms with Crippen molar-refractivity contribution in [1.82, 2.24) is 0 Å². The van der Waals surface area contributed by atoms with E-state index in [1.54, 1.807) is 19.1 Å². The lowest BCUT2D eigenvalue weighted by Gasteiger charge is -2.22. The van der Waals surface area contributed by atoms with Gasteiger partial charge in [0.1, 0.15) is 0 Å². The van der Waals surface area contributed by atoms with Gasteiger partial charge in [0, 0.05) is 6.54 Å². The highest BCUT2D eigenvalue weighted by Crippen LogP contribution is 2.31. The Morgan fingerprint density at radius 1 is 1.50 bits per heavy atom. The van der Waals surface area contributed by atoms with Gasteiger partial charge in [0.2, 0.25) is 5.91 Å². The van der Waals surface area contributed by atoms with Crippen LogP contribution >= 0.6 is 0 Å². The molecule has 1 aromatic rings. The van der Waals surface area contributed by atoms with Gasteiger partial charge in [0.15, 0.2) is 11.6 Å². The minimum Gasteiger partial charge on any atom is -0.492 e. The van der Waals surface area contributed by atoms with Crippen LogP contribution in [0.5, 0.6) is 5.75 Å². The molecule has 0 aliphatic rings. The summed E-state index contributed by atoms with van der Waals surface area (Å²) in [5.41, 5.74) is 0.433. The number of para-hydroxylation sites is 1. The quantitative estimate of drug-likeness (QED) is 0.768. The van der Waals surface area contributed by atoms with E-state index in [1.165, 1.54) is 18.1 Å². The van der Waals surface area contributed by atoms with E-state index in [2.05, 4.69) is 11.8 Å². The Hall–Kier alpha value is -2.02. The number of hydrogen-bond donors (Lipinski definition) is 0. The molecule has 0 radical (unpaired) electrons. The van der Waals surface area contributed by atoms with Gasteiger partial charge >= 0.3 is 0 Å². The SMILES string of the molecule is CC#CCC(=O)N(CC)c1cccc(F)c1OC. The van der Waals surface area contributed by atoms with E-state index >= 15 is 0 Å². The van der Waals surface area contributed by atoms with E-state index in [0.717, 1.165) is 0 Å². The molecule has 0 aliphatic heterocycles. The first-order chi connectivity index (χ1) is 8.65. The molecule has 1 rings (SSSR count). The predicted octanol–water partition coefficient (Wildman–Crippen LogP) is 2.60. The topological polar surface area (TPSA) is 29.5 Å². The monoisotopic (exact) mass is 249 g/mol. The smallest absolute Gasteiger partial charge is 0.239 e. The van der Waals surface area contributed by atoms with Gasteiger partial charge in [-0.3, -0.25) is 4.79 Å². The molecule has 96 valence electrons. The minimum absolute atomic E-state index is 0.0807. The number of halogens is 1. The number of anilines is 1. The van der Waals surface area contributed by atoms with Crippen LogP contribution in [0.3, 0.4) is 0 Å². The van der Waals surface area contributed by atoms with Crippen LogP contribution in [0.25, 0.3) is 0 Å². The molecule has 4 heteroatoms. The highest BCUT2D eigenvalue weighted by Gasteiger charge is 2.19. The maximum absolute atomic E-state index is 13.6. The van der Waals surface area contributed by atoms with E-state index in [1.807, 2.05) is 6.92 Å². The molecular weight excluding hydrogens is 233 g/mol. The summed E-state index contributed by atoms with van der Waals surface area (Å²) in [5, 5.41) is 0. The van der Waals surface area contributed by atoms with E-state index in [4.69, 9.17) is 4.74 Å². The maximum atomic E-state index is 13.6. The number of methoxy groups -OCH3 is 1. The third-order valence-electron chi connectivity index (χ3n) is 2.47. The highest BCUT2D eigenvalue weighted by atomic mass is 19.1. The maximum Gasteiger partial charge on any atom is 0.239 e. The molecule has 3 nitrogen and oxygen atoms in total. The van der Waals surface area contributed by atoms with Crippen molar-refractivity contribution in [2.24, 2.45) is 0 Å². The molecule has 0 N–H and O–H groups in total. The van der Waals surface area contributed by atoms with Crippen molar-refractivity contribution in [2.75, 3.05) is 18.6 Å². The lowest BCUT2D eigenvalue weighted by atomic mass is 10.2. The van der Waals surface area contributed by atoms with Gasteiger partial charge in [-0.1, -0.05) is 12.0 Å². The minimum atomic E-state index is -0.483. The van der Waals surface area contributed by atoms with Crippen molar-refractivity contribution >= 4 is 11.6 Å². The number of carbonyl (C=O) groups excluding carboxylic acids is 1. The Kier molecular flexibility index (Phi) is 5.19. The standard InChI is InChI=1S/C14H16FNO2/c1-4-6-10-13(17)16(5-2)12-9-7-8-11(15)14(12)18-3/h7-9H,5,10H2,1-3H3. The largest absolute Gasteiger partial charge is 0.492 e. The van der Waals surface area contributed by atoms with Gasteiger partial charge in [0.25, 0.3) is 0 Å². The number of amides is 1. The average molecular weight is 249 g/mol. The molecule has 1 amide bonds. The number of carbonyl (C=O) groups is 1. The fourth-order valence-electron chi connectivity index (χ4n) is 1.65. The zero-order valence-electron chi connectivity index (χ0n) is 10.8. The van der Waals surface area contributed by atoms with Crippen LogP contribution in [0, 0.1) is 17.7 Å². The first-order valence-electron chi connectivity index (χ1n) is 5.68. The van der Waals surface area contributed by atoms with Gasteiger partial charge in [-0.25, -0.2) is 4.39 Å². The van der Waals surface area contributed by atoms with Crippen LogP contribution in [0.4, 0.5) is 10.1 Å². The van der Waals surface area contributed by atoms with Crippen LogP contribution in [-0.2, 0) is 4.79 Å². The molecule has 0 fully saturated rings. The summed E-state index contributed by atoms with van der Waals surface area (Å²) in [6.45, 7) is 3.93. The summed E-state index contributed by atoms with van der Waals surface area (Å²) in [6, 6.07) is 4.50. The molecule has 0 unspecified atom stereocenters. The van der Waals surface area contributed by atoms with E-state index < -0.39 is 5.82 Å². The molecule has 18 heavy (non-hydrogen) atoms. The molecule has 0 saturated carbocycles. The van der Waals surface area contributed by atoms with Crippen LogP contribution in [0.1, 0.15) is 20.3 Å². The van der Waals surface area contributed by atoms with Crippen molar-refractivity contribution in [3.63, 3.8) is 0 Å². The van der Waals surface area contributed by atoms with Gasteiger partial charge in [-0.15, -0.1) is 5.92 Å². The van der Waals surface area contributed by atoms with Crippen LogP contribution in [0.15, 0.2) is 18.2 Å². The Balaban J connectivity index is 3.11. The lowest BCUT2D eigenvalue weighted by Crippen LogP contribution is -2.30. The van der Waals surface area contributed by atoms with Crippen LogP contribution in [-0.4, -0.2) is 19.6 Å². The summed E-state index contributed by atoms with van der Waals surface area (Å²) in [5.74, 6) is 4.80. The zero-order valence-corrected chi connectivity index (χ0v) is 10.8. The first kappa shape index (κ1) is 14.0. The summed E-state index contributed by atoms with van der Waals surface area (Å²) in [6.07, 6.45) is 0.115. The molecule has 0 bridgehead atoms. The molecule has 0 aromatic heterocycles. The van der Waals surface area contributed by atoms with Gasteiger partial charge in [0.05, 0.1) is 19.2 Å². The number of hydrogen-bond acceptors (Lipinski definition) is 2. The Labute approximate surface area is 107 Å². The van der Waals surface area contributed by atoms with Crippen molar-refractivity contribution in [3.05, 3.63) is 24.0 Å². The molecule has 0 aliphatic carbocycles. The molecule has 0 atom stereocenters. The fraction of sp³-hybridized carbons (Fsp3) is 0.357. The Morgan fingerprint density at radius 2 is 2.22 bits per heavy atom. The first-order valence-corrected chi connectivity index (χ1v) is 5.68. The van der Waals surface area contributed by atoms with E-state index in [9.17, 15) is 9.18 Å². The third kappa shape index (κ3) is 3.01. The third-order valence-corrected chi connectivity index (χ3v) is 2.47. The summed E-state index contributed by atoms with van der Waals surface area (Å²) in [7, 11) is 1.38. The average Bonchev–Trinajstić information content (AvgIpc) is 2.37. The van der Waals surface area contributed by atoms with Crippen molar-refractivity contribution in [1.29, 1.82) is 0 Å². The van der Waals surface area contributed by atoms with Gasteiger partial charge in [-0.05, 0) is 26.0 Å². The molecule has 0 heterocycles. The Morgan fingerprint density at radius 3 is 2.78 bits per heavy atom. The summed E-state index contributed by atoms with van der Waals surface area (Å²) < 4.78 is 18.6. The predicted molar refractivity (Wildman–Crippen MR) is 69.0 cm³/mol. The number of nitrogens with zero attached hydrogens (tertiary/aromatic N) is 1. The van der Waals surface area contributed by atoms with Crippen molar-refractivity contribution < 1.29 is 13.9 Å². The highest BCUT2D eigenvalue weighted by molar-refractivity contribution is 5.96. The number of rotatable bonds is 4. The second kappa shape index (κ2) is 6.65. The Bertz CT molecular complexity index is 488. The molecule has 0 saturated heterocycles. The summed E-state index contributed by atoms with van der Waals surface area (Å²) in [4.78, 5) is 13.4. The van der Waals surface area contributed by atoms with Crippen LogP contribution < -0.4 is 9.64 Å². The number of benzene rings is 1. The number of ether oxygens (including phenoxy) is 1. The molecule has 1 aromatic carbocycles. The normalized spacial score (nSPS) is 9.33. The second-order valence-corrected chi connectivity index (χ2v) is 3.53. The zero-order chi connectivity index (χ0) is 13.5. The van der Waals surface area contributed by atoms with Crippen molar-refractivity contribution in [2.45, 2.75) is 20.3 Å². The fourth-order valence-corrected chi connectivity index (χ4v) is 1.65. The van der Waals surface area contributed by atoms with Gasteiger partial charge in [-0.2, -0.15) is 0 Å².